The molecule has 0 heterocycles. The smallest absolute Gasteiger partial charge is 0.175 e. The number of benzene rings is 1. The fourth-order valence-corrected chi connectivity index (χ4v) is 2.76. The molecule has 1 unspecified atom stereocenters. The summed E-state index contributed by atoms with van der Waals surface area (Å²) in [5, 5.41) is 12.4. The van der Waals surface area contributed by atoms with Crippen molar-refractivity contribution in [3.05, 3.63) is 24.3 Å². The third kappa shape index (κ3) is 3.11. The molecule has 1 atom stereocenters. The predicted octanol–water partition coefficient (Wildman–Crippen LogP) is 1.36. The van der Waals surface area contributed by atoms with Gasteiger partial charge in [0.15, 0.2) is 9.84 Å². The number of nitrogens with one attached hydrogen (secondary N) is 1. The van der Waals surface area contributed by atoms with Crippen LogP contribution in [0.4, 0.5) is 0 Å². The number of likely N-dealkylation sites (N-methyl/N-ethyl adjacent to an activating group) is 1. The molecule has 0 bridgehead atoms. The van der Waals surface area contributed by atoms with E-state index in [-0.39, 0.29) is 11.5 Å². The SMILES string of the molecule is CNC(C#N)(COc1ccc(S(C)(=O)=O)cc1)C1CC1. The quantitative estimate of drug-likeness (QED) is 0.857. The summed E-state index contributed by atoms with van der Waals surface area (Å²) in [6, 6.07) is 8.54. The molecule has 1 aliphatic carbocycles. The van der Waals surface area contributed by atoms with Gasteiger partial charge in [0.05, 0.1) is 11.0 Å². The van der Waals surface area contributed by atoms with Crippen molar-refractivity contribution in [1.82, 2.24) is 5.32 Å². The molecule has 0 saturated heterocycles. The lowest BCUT2D eigenvalue weighted by molar-refractivity contribution is 0.210. The van der Waals surface area contributed by atoms with E-state index in [1.54, 1.807) is 19.2 Å². The van der Waals surface area contributed by atoms with Crippen molar-refractivity contribution in [3.8, 4) is 11.8 Å². The van der Waals surface area contributed by atoms with E-state index >= 15 is 0 Å². The molecule has 0 aromatic heterocycles. The minimum Gasteiger partial charge on any atom is -0.491 e. The number of rotatable bonds is 6. The fourth-order valence-electron chi connectivity index (χ4n) is 2.13. The van der Waals surface area contributed by atoms with Crippen LogP contribution >= 0.6 is 0 Å². The molecular weight excluding hydrogens is 276 g/mol. The fraction of sp³-hybridized carbons (Fsp3) is 0.500. The predicted molar refractivity (Wildman–Crippen MR) is 75.2 cm³/mol. The summed E-state index contributed by atoms with van der Waals surface area (Å²) in [6.07, 6.45) is 3.23. The molecule has 1 fully saturated rings. The van der Waals surface area contributed by atoms with Crippen LogP contribution in [0.3, 0.4) is 0 Å². The average Bonchev–Trinajstić information content (AvgIpc) is 3.25. The maximum absolute atomic E-state index is 11.4. The molecule has 1 N–H and O–H groups in total. The number of ether oxygens (including phenoxy) is 1. The van der Waals surface area contributed by atoms with Crippen molar-refractivity contribution < 1.29 is 13.2 Å². The van der Waals surface area contributed by atoms with E-state index in [2.05, 4.69) is 11.4 Å². The van der Waals surface area contributed by atoms with Gasteiger partial charge in [-0.15, -0.1) is 0 Å². The van der Waals surface area contributed by atoms with Gasteiger partial charge in [0.1, 0.15) is 17.9 Å². The second-order valence-electron chi connectivity index (χ2n) is 5.14. The molecular formula is C14H18N2O3S. The first-order valence-corrected chi connectivity index (χ1v) is 8.33. The summed E-state index contributed by atoms with van der Waals surface area (Å²) < 4.78 is 28.4. The molecule has 6 heteroatoms. The van der Waals surface area contributed by atoms with E-state index in [1.165, 1.54) is 12.1 Å². The van der Waals surface area contributed by atoms with E-state index in [9.17, 15) is 13.7 Å². The molecule has 1 aromatic carbocycles. The van der Waals surface area contributed by atoms with Gasteiger partial charge in [-0.05, 0) is 50.1 Å². The van der Waals surface area contributed by atoms with Crippen molar-refractivity contribution >= 4 is 9.84 Å². The first-order valence-electron chi connectivity index (χ1n) is 6.44. The Kier molecular flexibility index (Phi) is 4.02. The number of nitrogens with zero attached hydrogens (tertiary/aromatic N) is 1. The molecule has 20 heavy (non-hydrogen) atoms. The van der Waals surface area contributed by atoms with Crippen LogP contribution in [0, 0.1) is 17.2 Å². The second-order valence-corrected chi connectivity index (χ2v) is 7.16. The van der Waals surface area contributed by atoms with Crippen LogP contribution in [0.1, 0.15) is 12.8 Å². The van der Waals surface area contributed by atoms with E-state index in [0.29, 0.717) is 11.7 Å². The van der Waals surface area contributed by atoms with Gasteiger partial charge in [0.25, 0.3) is 0 Å². The number of sulfone groups is 1. The highest BCUT2D eigenvalue weighted by Crippen LogP contribution is 2.39. The largest absolute Gasteiger partial charge is 0.491 e. The zero-order chi connectivity index (χ0) is 14.8. The Hall–Kier alpha value is -1.58. The van der Waals surface area contributed by atoms with Crippen LogP contribution in [0.15, 0.2) is 29.2 Å². The summed E-state index contributed by atoms with van der Waals surface area (Å²) in [6.45, 7) is 0.253. The van der Waals surface area contributed by atoms with Crippen molar-refractivity contribution in [2.45, 2.75) is 23.3 Å². The van der Waals surface area contributed by atoms with Gasteiger partial charge in [-0.25, -0.2) is 8.42 Å². The molecule has 2 rings (SSSR count). The summed E-state index contributed by atoms with van der Waals surface area (Å²) in [4.78, 5) is 0.257. The first kappa shape index (κ1) is 14.8. The summed E-state index contributed by atoms with van der Waals surface area (Å²) in [5.41, 5.74) is -0.657. The standard InChI is InChI=1S/C14H18N2O3S/c1-16-14(9-15,11-3-4-11)10-19-12-5-7-13(8-6-12)20(2,17)18/h5-8,11,16H,3-4,10H2,1-2H3. The van der Waals surface area contributed by atoms with Gasteiger partial charge in [-0.3, -0.25) is 5.32 Å². The lowest BCUT2D eigenvalue weighted by Crippen LogP contribution is -2.49. The first-order chi connectivity index (χ1) is 9.41. The lowest BCUT2D eigenvalue weighted by atomic mass is 9.96. The Morgan fingerprint density at radius 3 is 2.40 bits per heavy atom. The normalized spacial score (nSPS) is 18.1. The zero-order valence-corrected chi connectivity index (χ0v) is 12.4. The van der Waals surface area contributed by atoms with Gasteiger partial charge in [0, 0.05) is 6.26 Å². The number of nitriles is 1. The van der Waals surface area contributed by atoms with Crippen LogP contribution in [0.25, 0.3) is 0 Å². The van der Waals surface area contributed by atoms with E-state index in [0.717, 1.165) is 19.1 Å². The molecule has 0 spiro atoms. The molecule has 5 nitrogen and oxygen atoms in total. The van der Waals surface area contributed by atoms with Crippen molar-refractivity contribution in [2.75, 3.05) is 19.9 Å². The van der Waals surface area contributed by atoms with Gasteiger partial charge in [-0.1, -0.05) is 0 Å². The molecule has 108 valence electrons. The van der Waals surface area contributed by atoms with Crippen molar-refractivity contribution in [1.29, 1.82) is 5.26 Å². The highest BCUT2D eigenvalue weighted by atomic mass is 32.2. The molecule has 1 aromatic rings. The average molecular weight is 294 g/mol. The van der Waals surface area contributed by atoms with Crippen molar-refractivity contribution in [2.24, 2.45) is 5.92 Å². The summed E-state index contributed by atoms with van der Waals surface area (Å²) in [7, 11) is -1.43. The van der Waals surface area contributed by atoms with Crippen LogP contribution in [0.2, 0.25) is 0 Å². The van der Waals surface area contributed by atoms with E-state index in [1.807, 2.05) is 0 Å². The number of hydrogen-bond donors (Lipinski definition) is 1. The molecule has 1 aliphatic rings. The third-order valence-electron chi connectivity index (χ3n) is 3.64. The maximum atomic E-state index is 11.4. The Balaban J connectivity index is 2.06. The highest BCUT2D eigenvalue weighted by molar-refractivity contribution is 7.90. The topological polar surface area (TPSA) is 79.2 Å². The van der Waals surface area contributed by atoms with Crippen LogP contribution < -0.4 is 10.1 Å². The molecule has 0 radical (unpaired) electrons. The molecule has 0 amide bonds. The minimum atomic E-state index is -3.20. The Bertz CT molecular complexity index is 615. The van der Waals surface area contributed by atoms with Gasteiger partial charge in [0.2, 0.25) is 0 Å². The Morgan fingerprint density at radius 2 is 2.00 bits per heavy atom. The van der Waals surface area contributed by atoms with Crippen LogP contribution in [-0.4, -0.2) is 33.9 Å². The van der Waals surface area contributed by atoms with Crippen molar-refractivity contribution in [3.63, 3.8) is 0 Å². The van der Waals surface area contributed by atoms with Gasteiger partial charge in [-0.2, -0.15) is 5.26 Å². The second kappa shape index (κ2) is 5.43. The monoisotopic (exact) mass is 294 g/mol. The highest BCUT2D eigenvalue weighted by Gasteiger charge is 2.45. The lowest BCUT2D eigenvalue weighted by Gasteiger charge is -2.25. The summed E-state index contributed by atoms with van der Waals surface area (Å²) >= 11 is 0. The van der Waals surface area contributed by atoms with Crippen LogP contribution in [-0.2, 0) is 9.84 Å². The molecule has 1 saturated carbocycles. The van der Waals surface area contributed by atoms with Gasteiger partial charge < -0.3 is 4.74 Å². The Morgan fingerprint density at radius 1 is 1.40 bits per heavy atom. The maximum Gasteiger partial charge on any atom is 0.175 e. The Labute approximate surface area is 119 Å². The zero-order valence-electron chi connectivity index (χ0n) is 11.6. The molecule has 0 aliphatic heterocycles. The minimum absolute atomic E-state index is 0.253. The number of hydrogen-bond acceptors (Lipinski definition) is 5. The van der Waals surface area contributed by atoms with Gasteiger partial charge >= 0.3 is 0 Å². The third-order valence-corrected chi connectivity index (χ3v) is 4.77. The van der Waals surface area contributed by atoms with E-state index in [4.69, 9.17) is 4.74 Å². The summed E-state index contributed by atoms with van der Waals surface area (Å²) in [5.74, 6) is 0.890. The van der Waals surface area contributed by atoms with Crippen LogP contribution in [0.5, 0.6) is 5.75 Å². The van der Waals surface area contributed by atoms with E-state index < -0.39 is 15.4 Å².